The van der Waals surface area contributed by atoms with Crippen LogP contribution in [0.5, 0.6) is 0 Å². The molecule has 24 heavy (non-hydrogen) atoms. The smallest absolute Gasteiger partial charge is 0.300 e. The zero-order chi connectivity index (χ0) is 16.4. The summed E-state index contributed by atoms with van der Waals surface area (Å²) < 4.78 is 15.5. The Morgan fingerprint density at radius 2 is 1.88 bits per heavy atom. The summed E-state index contributed by atoms with van der Waals surface area (Å²) in [7, 11) is 0. The molecular weight excluding hydrogens is 395 g/mol. The molecule has 0 spiro atoms. The molecule has 0 aliphatic rings. The third kappa shape index (κ3) is 3.49. The highest BCUT2D eigenvalue weighted by atomic mass is 79.9. The Balaban J connectivity index is 0.00000208. The van der Waals surface area contributed by atoms with Crippen molar-refractivity contribution in [2.45, 2.75) is 5.75 Å². The van der Waals surface area contributed by atoms with Crippen LogP contribution < -0.4 is 33.7 Å². The Labute approximate surface area is 152 Å². The summed E-state index contributed by atoms with van der Waals surface area (Å²) in [5, 5.41) is 6.06. The highest BCUT2D eigenvalue weighted by Gasteiger charge is 2.16. The van der Waals surface area contributed by atoms with Gasteiger partial charge in [-0.3, -0.25) is 20.5 Å². The maximum Gasteiger partial charge on any atom is 0.300 e. The van der Waals surface area contributed by atoms with Crippen LogP contribution in [0.15, 0.2) is 53.3 Å². The summed E-state index contributed by atoms with van der Waals surface area (Å²) in [5.74, 6) is 0.149. The van der Waals surface area contributed by atoms with Crippen molar-refractivity contribution in [2.75, 3.05) is 0 Å². The van der Waals surface area contributed by atoms with Crippen molar-refractivity contribution in [1.29, 1.82) is 0 Å². The first kappa shape index (κ1) is 18.2. The summed E-state index contributed by atoms with van der Waals surface area (Å²) in [6.45, 7) is 0. The molecule has 0 amide bonds. The van der Waals surface area contributed by atoms with E-state index < -0.39 is 5.82 Å². The van der Waals surface area contributed by atoms with Gasteiger partial charge in [-0.2, -0.15) is 0 Å². The first-order valence-electron chi connectivity index (χ1n) is 6.84. The lowest BCUT2D eigenvalue weighted by Gasteiger charge is -2.13. The van der Waals surface area contributed by atoms with Crippen LogP contribution >= 0.6 is 11.8 Å². The number of nitrogens with two attached hydrogens (primary N) is 2. The van der Waals surface area contributed by atoms with Gasteiger partial charge in [-0.25, -0.2) is 9.37 Å². The van der Waals surface area contributed by atoms with Gasteiger partial charge in [0.25, 0.3) is 10.7 Å². The normalized spacial score (nSPS) is 10.4. The van der Waals surface area contributed by atoms with Crippen LogP contribution in [-0.4, -0.2) is 14.7 Å². The van der Waals surface area contributed by atoms with Gasteiger partial charge in [0.2, 0.25) is 0 Å². The lowest BCUT2D eigenvalue weighted by atomic mass is 10.2. The molecule has 0 bridgehead atoms. The average Bonchev–Trinajstić information content (AvgIpc) is 2.54. The molecule has 3 rings (SSSR count). The van der Waals surface area contributed by atoms with Crippen molar-refractivity contribution in [3.05, 3.63) is 70.5 Å². The van der Waals surface area contributed by atoms with E-state index in [-0.39, 0.29) is 39.1 Å². The van der Waals surface area contributed by atoms with E-state index in [1.807, 2.05) is 0 Å². The Hall–Kier alpha value is -2.19. The number of fused-ring (bicyclic) bond motifs is 1. The third-order valence-electron chi connectivity index (χ3n) is 3.31. The van der Waals surface area contributed by atoms with E-state index in [4.69, 9.17) is 11.1 Å². The summed E-state index contributed by atoms with van der Waals surface area (Å²) in [6.07, 6.45) is 0. The molecule has 0 saturated carbocycles. The van der Waals surface area contributed by atoms with Crippen molar-refractivity contribution in [1.82, 2.24) is 9.55 Å². The molecule has 0 unspecified atom stereocenters. The number of hydrogen-bond donors (Lipinski definition) is 2. The second-order valence-electron chi connectivity index (χ2n) is 4.83. The molecule has 8 heteroatoms. The fraction of sp³-hybridized carbons (Fsp3) is 0.0625. The minimum absolute atomic E-state index is 0. The zero-order valence-corrected chi connectivity index (χ0v) is 14.8. The highest BCUT2D eigenvalue weighted by Crippen LogP contribution is 2.18. The van der Waals surface area contributed by atoms with Crippen molar-refractivity contribution in [3.63, 3.8) is 0 Å². The van der Waals surface area contributed by atoms with Crippen LogP contribution in [0.1, 0.15) is 5.82 Å². The molecular formula is C16H14BrFN4OS. The lowest BCUT2D eigenvalue weighted by Crippen LogP contribution is -3.00. The molecule has 0 atom stereocenters. The van der Waals surface area contributed by atoms with Gasteiger partial charge in [-0.15, -0.1) is 0 Å². The van der Waals surface area contributed by atoms with E-state index in [0.29, 0.717) is 16.7 Å². The quantitative estimate of drug-likeness (QED) is 0.381. The number of nitrogens with zero attached hydrogens (tertiary/aromatic N) is 2. The van der Waals surface area contributed by atoms with Gasteiger partial charge in [-0.05, 0) is 36.0 Å². The maximum atomic E-state index is 14.2. The topological polar surface area (TPSA) is 86.5 Å². The van der Waals surface area contributed by atoms with Crippen LogP contribution in [0.3, 0.4) is 0 Å². The van der Waals surface area contributed by atoms with E-state index in [0.717, 1.165) is 11.8 Å². The predicted octanol–water partition coefficient (Wildman–Crippen LogP) is -2.16. The zero-order valence-electron chi connectivity index (χ0n) is 12.4. The fourth-order valence-electron chi connectivity index (χ4n) is 2.30. The highest BCUT2D eigenvalue weighted by molar-refractivity contribution is 8.12. The maximum absolute atomic E-state index is 14.2. The van der Waals surface area contributed by atoms with Crippen LogP contribution in [-0.2, 0) is 5.75 Å². The minimum atomic E-state index is -0.498. The predicted molar refractivity (Wildman–Crippen MR) is 89.7 cm³/mol. The van der Waals surface area contributed by atoms with Gasteiger partial charge in [0.05, 0.1) is 22.3 Å². The molecule has 0 aliphatic heterocycles. The average molecular weight is 409 g/mol. The molecule has 1 heterocycles. The number of hydrogen-bond acceptors (Lipinski definition) is 3. The summed E-state index contributed by atoms with van der Waals surface area (Å²) in [6, 6.07) is 13.0. The van der Waals surface area contributed by atoms with Gasteiger partial charge in [0.15, 0.2) is 0 Å². The molecule has 4 N–H and O–H groups in total. The van der Waals surface area contributed by atoms with Crippen molar-refractivity contribution >= 4 is 27.8 Å². The minimum Gasteiger partial charge on any atom is -1.00 e. The Kier molecular flexibility index (Phi) is 5.74. The molecule has 124 valence electrons. The second kappa shape index (κ2) is 7.59. The van der Waals surface area contributed by atoms with Gasteiger partial charge in [0.1, 0.15) is 11.6 Å². The number of benzene rings is 2. The first-order valence-corrected chi connectivity index (χ1v) is 7.83. The number of amidine groups is 1. The van der Waals surface area contributed by atoms with Crippen molar-refractivity contribution in [2.24, 2.45) is 5.73 Å². The lowest BCUT2D eigenvalue weighted by molar-refractivity contribution is -0.110. The van der Waals surface area contributed by atoms with Crippen molar-refractivity contribution < 1.29 is 26.8 Å². The molecule has 2 aromatic carbocycles. The molecule has 5 nitrogen and oxygen atoms in total. The van der Waals surface area contributed by atoms with E-state index in [2.05, 4.69) is 4.98 Å². The standard InChI is InChI=1S/C16H13FN4OS.BrH/c17-11-6-2-4-8-13(11)21-14(9-23-16(18)19)20-12-7-3-1-5-10(12)15(21)22;/h1-8H,9H2,(H3,18,19);1H. The Bertz CT molecular complexity index is 960. The number of thioether (sulfide) groups is 1. The van der Waals surface area contributed by atoms with E-state index in [1.54, 1.807) is 36.4 Å². The largest absolute Gasteiger partial charge is 1.00 e. The molecule has 0 aliphatic carbocycles. The number of aromatic nitrogens is 2. The molecule has 0 saturated heterocycles. The van der Waals surface area contributed by atoms with Gasteiger partial charge in [-0.1, -0.05) is 24.3 Å². The van der Waals surface area contributed by atoms with Crippen LogP contribution in [0, 0.1) is 5.82 Å². The second-order valence-corrected chi connectivity index (χ2v) is 5.88. The molecule has 0 radical (unpaired) electrons. The number of halogens is 2. The van der Waals surface area contributed by atoms with Crippen LogP contribution in [0.25, 0.3) is 16.6 Å². The van der Waals surface area contributed by atoms with Crippen LogP contribution in [0.2, 0.25) is 0 Å². The Morgan fingerprint density at radius 3 is 2.58 bits per heavy atom. The third-order valence-corrected chi connectivity index (χ3v) is 4.04. The molecule has 0 fully saturated rings. The van der Waals surface area contributed by atoms with Crippen molar-refractivity contribution in [3.8, 4) is 5.69 Å². The van der Waals surface area contributed by atoms with E-state index >= 15 is 0 Å². The first-order chi connectivity index (χ1) is 11.1. The van der Waals surface area contributed by atoms with Crippen LogP contribution in [0.4, 0.5) is 4.39 Å². The Morgan fingerprint density at radius 1 is 1.21 bits per heavy atom. The van der Waals surface area contributed by atoms with E-state index in [1.165, 1.54) is 16.7 Å². The van der Waals surface area contributed by atoms with Gasteiger partial charge in [0, 0.05) is 0 Å². The fourth-order valence-corrected chi connectivity index (χ4v) is 2.79. The summed E-state index contributed by atoms with van der Waals surface area (Å²) >= 11 is 1.14. The SMILES string of the molecule is NC(=[NH2+])SCc1nc2ccccc2c(=O)n1-c1ccccc1F.[Br-]. The monoisotopic (exact) mass is 408 g/mol. The van der Waals surface area contributed by atoms with E-state index in [9.17, 15) is 9.18 Å². The van der Waals surface area contributed by atoms with Gasteiger partial charge >= 0.3 is 0 Å². The number of para-hydroxylation sites is 2. The molecule has 1 aromatic heterocycles. The summed E-state index contributed by atoms with van der Waals surface area (Å²) in [4.78, 5) is 17.3. The molecule has 3 aromatic rings. The summed E-state index contributed by atoms with van der Waals surface area (Å²) in [5.41, 5.74) is 5.86. The number of rotatable bonds is 3. The van der Waals surface area contributed by atoms with Gasteiger partial charge < -0.3 is 17.0 Å².